The van der Waals surface area contributed by atoms with Gasteiger partial charge in [-0.2, -0.15) is 0 Å². The van der Waals surface area contributed by atoms with Crippen LogP contribution in [0.15, 0.2) is 72.8 Å². The molecule has 21 heavy (non-hydrogen) atoms. The van der Waals surface area contributed by atoms with Crippen LogP contribution in [0.25, 0.3) is 22.3 Å². The van der Waals surface area contributed by atoms with Crippen LogP contribution in [-0.2, 0) is 0 Å². The molecule has 0 amide bonds. The summed E-state index contributed by atoms with van der Waals surface area (Å²) < 4.78 is 0. The van der Waals surface area contributed by atoms with E-state index in [1.165, 1.54) is 16.8 Å². The van der Waals surface area contributed by atoms with Gasteiger partial charge in [-0.05, 0) is 40.5 Å². The second-order valence-electron chi connectivity index (χ2n) is 5.29. The van der Waals surface area contributed by atoms with E-state index < -0.39 is 0 Å². The lowest BCUT2D eigenvalue weighted by Gasteiger charge is -2.16. The molecular weight excluding hydrogens is 254 g/mol. The minimum atomic E-state index is 1.13. The molecule has 3 rings (SSSR count). The van der Waals surface area contributed by atoms with Gasteiger partial charge in [0.2, 0.25) is 0 Å². The highest BCUT2D eigenvalue weighted by molar-refractivity contribution is 5.77. The highest BCUT2D eigenvalue weighted by atomic mass is 15.1. The lowest BCUT2D eigenvalue weighted by molar-refractivity contribution is 1.13. The number of rotatable bonds is 3. The second-order valence-corrected chi connectivity index (χ2v) is 5.29. The van der Waals surface area contributed by atoms with Crippen LogP contribution < -0.4 is 4.90 Å². The first-order chi connectivity index (χ1) is 10.2. The van der Waals surface area contributed by atoms with Gasteiger partial charge in [-0.1, -0.05) is 60.7 Å². The van der Waals surface area contributed by atoms with Crippen molar-refractivity contribution in [2.24, 2.45) is 0 Å². The largest absolute Gasteiger partial charge is 0.378 e. The van der Waals surface area contributed by atoms with Crippen molar-refractivity contribution in [1.29, 1.82) is 0 Å². The maximum absolute atomic E-state index is 3.55. The summed E-state index contributed by atoms with van der Waals surface area (Å²) in [5.41, 5.74) is 5.82. The Morgan fingerprint density at radius 2 is 1.10 bits per heavy atom. The van der Waals surface area contributed by atoms with Crippen molar-refractivity contribution in [2.45, 2.75) is 0 Å². The number of anilines is 1. The lowest BCUT2D eigenvalue weighted by Crippen LogP contribution is -2.08. The third-order valence-corrected chi connectivity index (χ3v) is 3.54. The monoisotopic (exact) mass is 272 g/mol. The normalized spacial score (nSPS) is 10.4. The summed E-state index contributed by atoms with van der Waals surface area (Å²) in [6.45, 7) is 0. The molecule has 0 aliphatic heterocycles. The van der Waals surface area contributed by atoms with Crippen LogP contribution in [0.3, 0.4) is 0 Å². The van der Waals surface area contributed by atoms with Crippen LogP contribution >= 0.6 is 0 Å². The van der Waals surface area contributed by atoms with Crippen LogP contribution in [0, 0.1) is 6.07 Å². The molecule has 1 heteroatoms. The molecule has 0 spiro atoms. The van der Waals surface area contributed by atoms with Gasteiger partial charge in [-0.25, -0.2) is 0 Å². The molecule has 0 aliphatic rings. The van der Waals surface area contributed by atoms with E-state index in [1.54, 1.807) is 0 Å². The molecule has 3 aromatic rings. The van der Waals surface area contributed by atoms with E-state index in [0.29, 0.717) is 0 Å². The minimum absolute atomic E-state index is 1.13. The van der Waals surface area contributed by atoms with Gasteiger partial charge in [0.05, 0.1) is 0 Å². The second kappa shape index (κ2) is 5.84. The third-order valence-electron chi connectivity index (χ3n) is 3.54. The Labute approximate surface area is 126 Å². The van der Waals surface area contributed by atoms with E-state index in [4.69, 9.17) is 0 Å². The SMILES string of the molecule is CN(C)c1cc(-c2ccccc2)[c]c(-c2ccccc2)c1. The van der Waals surface area contributed by atoms with E-state index >= 15 is 0 Å². The third kappa shape index (κ3) is 2.97. The average Bonchev–Trinajstić information content (AvgIpc) is 2.56. The molecule has 0 aliphatic carbocycles. The van der Waals surface area contributed by atoms with Gasteiger partial charge < -0.3 is 4.90 Å². The maximum Gasteiger partial charge on any atom is 0.0373 e. The molecule has 103 valence electrons. The Hall–Kier alpha value is -2.54. The predicted octanol–water partition coefficient (Wildman–Crippen LogP) is 4.89. The van der Waals surface area contributed by atoms with Crippen molar-refractivity contribution in [1.82, 2.24) is 0 Å². The molecule has 0 unspecified atom stereocenters. The van der Waals surface area contributed by atoms with Crippen LogP contribution in [0.2, 0.25) is 0 Å². The van der Waals surface area contributed by atoms with Crippen molar-refractivity contribution >= 4 is 5.69 Å². The average molecular weight is 272 g/mol. The van der Waals surface area contributed by atoms with E-state index in [2.05, 4.69) is 85.7 Å². The van der Waals surface area contributed by atoms with Gasteiger partial charge in [-0.3, -0.25) is 0 Å². The molecular formula is C20H18N. The fraction of sp³-hybridized carbons (Fsp3) is 0.100. The Balaban J connectivity index is 2.16. The first kappa shape index (κ1) is 13.4. The quantitative estimate of drug-likeness (QED) is 0.656. The summed E-state index contributed by atoms with van der Waals surface area (Å²) in [6, 6.07) is 28.7. The molecule has 0 aromatic heterocycles. The zero-order valence-electron chi connectivity index (χ0n) is 12.4. The van der Waals surface area contributed by atoms with Gasteiger partial charge in [0.25, 0.3) is 0 Å². The van der Waals surface area contributed by atoms with Crippen molar-refractivity contribution < 1.29 is 0 Å². The summed E-state index contributed by atoms with van der Waals surface area (Å²) in [5, 5.41) is 0. The summed E-state index contributed by atoms with van der Waals surface area (Å²) in [7, 11) is 4.14. The molecule has 0 atom stereocenters. The first-order valence-corrected chi connectivity index (χ1v) is 7.09. The summed E-state index contributed by atoms with van der Waals surface area (Å²) in [4.78, 5) is 2.13. The van der Waals surface area contributed by atoms with Crippen molar-refractivity contribution in [3.8, 4) is 22.3 Å². The van der Waals surface area contributed by atoms with Crippen LogP contribution in [0.4, 0.5) is 5.69 Å². The van der Waals surface area contributed by atoms with Crippen molar-refractivity contribution in [3.05, 3.63) is 78.9 Å². The standard InChI is InChI=1S/C20H18N/c1-21(2)20-14-18(16-9-5-3-6-10-16)13-19(15-20)17-11-7-4-8-12-17/h3-12,14-15H,1-2H3. The highest BCUT2D eigenvalue weighted by Crippen LogP contribution is 2.30. The highest BCUT2D eigenvalue weighted by Gasteiger charge is 2.06. The van der Waals surface area contributed by atoms with Gasteiger partial charge in [0.1, 0.15) is 0 Å². The Morgan fingerprint density at radius 1 is 0.667 bits per heavy atom. The molecule has 0 saturated carbocycles. The van der Waals surface area contributed by atoms with E-state index in [0.717, 1.165) is 11.1 Å². The minimum Gasteiger partial charge on any atom is -0.378 e. The Kier molecular flexibility index (Phi) is 3.74. The number of hydrogen-bond acceptors (Lipinski definition) is 1. The van der Waals surface area contributed by atoms with Crippen molar-refractivity contribution in [2.75, 3.05) is 19.0 Å². The zero-order chi connectivity index (χ0) is 14.7. The van der Waals surface area contributed by atoms with E-state index in [1.807, 2.05) is 12.1 Å². The number of benzene rings is 3. The van der Waals surface area contributed by atoms with Gasteiger partial charge in [0.15, 0.2) is 0 Å². The van der Waals surface area contributed by atoms with E-state index in [-0.39, 0.29) is 0 Å². The fourth-order valence-electron chi connectivity index (χ4n) is 2.36. The molecule has 0 N–H and O–H groups in total. The fourth-order valence-corrected chi connectivity index (χ4v) is 2.36. The Morgan fingerprint density at radius 3 is 1.48 bits per heavy atom. The molecule has 0 fully saturated rings. The molecule has 3 aromatic carbocycles. The summed E-state index contributed by atoms with van der Waals surface area (Å²) in [6.07, 6.45) is 0. The summed E-state index contributed by atoms with van der Waals surface area (Å²) in [5.74, 6) is 0. The summed E-state index contributed by atoms with van der Waals surface area (Å²) >= 11 is 0. The maximum atomic E-state index is 3.55. The molecule has 0 bridgehead atoms. The Bertz CT molecular complexity index is 658. The lowest BCUT2D eigenvalue weighted by atomic mass is 9.98. The number of nitrogens with zero attached hydrogens (tertiary/aromatic N) is 1. The molecule has 0 saturated heterocycles. The topological polar surface area (TPSA) is 3.24 Å². The molecule has 1 radical (unpaired) electrons. The van der Waals surface area contributed by atoms with E-state index in [9.17, 15) is 0 Å². The predicted molar refractivity (Wildman–Crippen MR) is 90.5 cm³/mol. The first-order valence-electron chi connectivity index (χ1n) is 7.09. The molecule has 1 nitrogen and oxygen atoms in total. The zero-order valence-corrected chi connectivity index (χ0v) is 12.4. The number of hydrogen-bond donors (Lipinski definition) is 0. The van der Waals surface area contributed by atoms with Crippen molar-refractivity contribution in [3.63, 3.8) is 0 Å². The van der Waals surface area contributed by atoms with Crippen LogP contribution in [-0.4, -0.2) is 14.1 Å². The van der Waals surface area contributed by atoms with Gasteiger partial charge in [-0.15, -0.1) is 0 Å². The smallest absolute Gasteiger partial charge is 0.0373 e. The van der Waals surface area contributed by atoms with Gasteiger partial charge in [0, 0.05) is 19.8 Å². The molecule has 0 heterocycles. The van der Waals surface area contributed by atoms with Gasteiger partial charge >= 0.3 is 0 Å². The van der Waals surface area contributed by atoms with Crippen LogP contribution in [0.1, 0.15) is 0 Å². The van der Waals surface area contributed by atoms with Crippen LogP contribution in [0.5, 0.6) is 0 Å².